The third kappa shape index (κ3) is 3.73. The molecule has 0 saturated heterocycles. The van der Waals surface area contributed by atoms with Crippen molar-refractivity contribution in [2.75, 3.05) is 0 Å². The van der Waals surface area contributed by atoms with Gasteiger partial charge in [-0.15, -0.1) is 0 Å². The van der Waals surface area contributed by atoms with Gasteiger partial charge in [-0.25, -0.2) is 9.97 Å². The molecule has 4 aromatic rings. The van der Waals surface area contributed by atoms with E-state index in [9.17, 15) is 4.79 Å². The fourth-order valence-electron chi connectivity index (χ4n) is 3.72. The van der Waals surface area contributed by atoms with Gasteiger partial charge in [0.05, 0.1) is 31.0 Å². The van der Waals surface area contributed by atoms with E-state index in [-0.39, 0.29) is 5.91 Å². The summed E-state index contributed by atoms with van der Waals surface area (Å²) in [6.07, 6.45) is 6.85. The van der Waals surface area contributed by atoms with Gasteiger partial charge in [0.1, 0.15) is 5.69 Å². The molecule has 0 spiro atoms. The van der Waals surface area contributed by atoms with Gasteiger partial charge >= 0.3 is 0 Å². The van der Waals surface area contributed by atoms with Gasteiger partial charge in [0.25, 0.3) is 0 Å². The second-order valence-corrected chi connectivity index (χ2v) is 7.35. The molecule has 152 valence electrons. The summed E-state index contributed by atoms with van der Waals surface area (Å²) in [6, 6.07) is 15.7. The van der Waals surface area contributed by atoms with Crippen molar-refractivity contribution in [1.29, 1.82) is 0 Å². The molecule has 1 amide bonds. The molecule has 7 nitrogen and oxygen atoms in total. The molecule has 0 saturated carbocycles. The molecule has 0 N–H and O–H groups in total. The van der Waals surface area contributed by atoms with E-state index < -0.39 is 0 Å². The highest BCUT2D eigenvalue weighted by Crippen LogP contribution is 2.32. The Morgan fingerprint density at radius 2 is 1.94 bits per heavy atom. The van der Waals surface area contributed by atoms with Gasteiger partial charge < -0.3 is 4.90 Å². The zero-order valence-electron chi connectivity index (χ0n) is 16.8. The van der Waals surface area contributed by atoms with E-state index in [1.165, 1.54) is 6.08 Å². The average Bonchev–Trinajstić information content (AvgIpc) is 3.46. The SMILES string of the molecule is C=CC(=O)N1Cc2nc(-c3ccccc3)nc(-c3ccn(Cc4cccnc4)n3)c2C1. The Bertz CT molecular complexity index is 1250. The van der Waals surface area contributed by atoms with Crippen LogP contribution >= 0.6 is 0 Å². The van der Waals surface area contributed by atoms with E-state index in [4.69, 9.17) is 15.1 Å². The maximum Gasteiger partial charge on any atom is 0.246 e. The van der Waals surface area contributed by atoms with E-state index in [1.807, 2.05) is 65.6 Å². The minimum Gasteiger partial charge on any atom is -0.329 e. The quantitative estimate of drug-likeness (QED) is 0.473. The van der Waals surface area contributed by atoms with Crippen molar-refractivity contribution in [3.8, 4) is 22.8 Å². The molecule has 1 aliphatic rings. The van der Waals surface area contributed by atoms with Crippen LogP contribution in [0.15, 0.2) is 79.8 Å². The molecule has 0 bridgehead atoms. The molecular formula is C24H20N6O. The Kier molecular flexibility index (Phi) is 4.84. The molecule has 0 unspecified atom stereocenters. The summed E-state index contributed by atoms with van der Waals surface area (Å²) in [6.45, 7) is 5.11. The number of amides is 1. The van der Waals surface area contributed by atoms with Crippen LogP contribution in [0.2, 0.25) is 0 Å². The number of hydrogen-bond donors (Lipinski definition) is 0. The van der Waals surface area contributed by atoms with Crippen LogP contribution in [0.4, 0.5) is 0 Å². The lowest BCUT2D eigenvalue weighted by molar-refractivity contribution is -0.126. The summed E-state index contributed by atoms with van der Waals surface area (Å²) in [5.41, 5.74) is 5.29. The lowest BCUT2D eigenvalue weighted by Gasteiger charge is -2.11. The first-order valence-corrected chi connectivity index (χ1v) is 10.0. The molecule has 7 heteroatoms. The second kappa shape index (κ2) is 7.95. The van der Waals surface area contributed by atoms with Crippen molar-refractivity contribution >= 4 is 5.91 Å². The van der Waals surface area contributed by atoms with Gasteiger partial charge in [0.15, 0.2) is 5.82 Å². The van der Waals surface area contributed by atoms with Crippen LogP contribution in [0.1, 0.15) is 16.8 Å². The number of nitrogens with zero attached hydrogens (tertiary/aromatic N) is 6. The van der Waals surface area contributed by atoms with Crippen molar-refractivity contribution in [3.05, 3.63) is 96.6 Å². The summed E-state index contributed by atoms with van der Waals surface area (Å²) >= 11 is 0. The van der Waals surface area contributed by atoms with E-state index in [2.05, 4.69) is 11.6 Å². The molecule has 3 aromatic heterocycles. The fourth-order valence-corrected chi connectivity index (χ4v) is 3.72. The van der Waals surface area contributed by atoms with Crippen LogP contribution < -0.4 is 0 Å². The van der Waals surface area contributed by atoms with Crippen LogP contribution in [0.25, 0.3) is 22.8 Å². The predicted molar refractivity (Wildman–Crippen MR) is 116 cm³/mol. The summed E-state index contributed by atoms with van der Waals surface area (Å²) in [5.74, 6) is 0.511. The first-order chi connectivity index (χ1) is 15.2. The maximum atomic E-state index is 12.2. The van der Waals surface area contributed by atoms with Crippen molar-refractivity contribution in [2.45, 2.75) is 19.6 Å². The van der Waals surface area contributed by atoms with Crippen molar-refractivity contribution in [3.63, 3.8) is 0 Å². The molecule has 31 heavy (non-hydrogen) atoms. The number of carbonyl (C=O) groups excluding carboxylic acids is 1. The van der Waals surface area contributed by atoms with Crippen LogP contribution in [0.3, 0.4) is 0 Å². The number of benzene rings is 1. The Morgan fingerprint density at radius 3 is 2.71 bits per heavy atom. The number of carbonyl (C=O) groups is 1. The summed E-state index contributed by atoms with van der Waals surface area (Å²) < 4.78 is 1.87. The molecule has 5 rings (SSSR count). The standard InChI is InChI=1S/C24H20N6O/c1-2-22(31)29-15-19-21(16-29)26-24(18-8-4-3-5-9-18)27-23(19)20-10-12-30(28-20)14-17-7-6-11-25-13-17/h2-13H,1,14-16H2. The van der Waals surface area contributed by atoms with Gasteiger partial charge in [-0.2, -0.15) is 5.10 Å². The minimum atomic E-state index is -0.118. The molecule has 1 aromatic carbocycles. The van der Waals surface area contributed by atoms with E-state index in [0.29, 0.717) is 25.5 Å². The van der Waals surface area contributed by atoms with E-state index in [1.54, 1.807) is 11.1 Å². The summed E-state index contributed by atoms with van der Waals surface area (Å²) in [7, 11) is 0. The molecule has 0 atom stereocenters. The minimum absolute atomic E-state index is 0.118. The third-order valence-electron chi connectivity index (χ3n) is 5.25. The lowest BCUT2D eigenvalue weighted by Crippen LogP contribution is -2.22. The highest BCUT2D eigenvalue weighted by Gasteiger charge is 2.28. The molecule has 4 heterocycles. The van der Waals surface area contributed by atoms with Crippen LogP contribution in [-0.2, 0) is 24.4 Å². The van der Waals surface area contributed by atoms with E-state index >= 15 is 0 Å². The molecular weight excluding hydrogens is 388 g/mol. The number of aromatic nitrogens is 5. The van der Waals surface area contributed by atoms with Gasteiger partial charge in [0.2, 0.25) is 5.91 Å². The molecule has 0 aliphatic carbocycles. The van der Waals surface area contributed by atoms with Crippen molar-refractivity contribution in [1.82, 2.24) is 29.6 Å². The third-order valence-corrected chi connectivity index (χ3v) is 5.25. The Balaban J connectivity index is 1.56. The first-order valence-electron chi connectivity index (χ1n) is 10.0. The fraction of sp³-hybridized carbons (Fsp3) is 0.125. The molecule has 1 aliphatic heterocycles. The Labute approximate surface area is 179 Å². The highest BCUT2D eigenvalue weighted by atomic mass is 16.2. The average molecular weight is 408 g/mol. The zero-order valence-corrected chi connectivity index (χ0v) is 16.8. The number of rotatable bonds is 5. The van der Waals surface area contributed by atoms with Crippen molar-refractivity contribution < 1.29 is 4.79 Å². The van der Waals surface area contributed by atoms with Crippen LogP contribution in [0.5, 0.6) is 0 Å². The Hall–Kier alpha value is -4.13. The Morgan fingerprint density at radius 1 is 1.06 bits per heavy atom. The summed E-state index contributed by atoms with van der Waals surface area (Å²) in [5, 5.41) is 4.75. The van der Waals surface area contributed by atoms with Gasteiger partial charge in [0, 0.05) is 29.7 Å². The molecule has 0 fully saturated rings. The van der Waals surface area contributed by atoms with Gasteiger partial charge in [-0.3, -0.25) is 14.5 Å². The first kappa shape index (κ1) is 18.9. The zero-order chi connectivity index (χ0) is 21.2. The summed E-state index contributed by atoms with van der Waals surface area (Å²) in [4.78, 5) is 27.7. The van der Waals surface area contributed by atoms with E-state index in [0.717, 1.165) is 33.8 Å². The smallest absolute Gasteiger partial charge is 0.246 e. The second-order valence-electron chi connectivity index (χ2n) is 7.35. The van der Waals surface area contributed by atoms with Gasteiger partial charge in [-0.05, 0) is 23.8 Å². The topological polar surface area (TPSA) is 76.8 Å². The number of hydrogen-bond acceptors (Lipinski definition) is 5. The number of pyridine rings is 1. The predicted octanol–water partition coefficient (Wildman–Crippen LogP) is 3.48. The highest BCUT2D eigenvalue weighted by molar-refractivity contribution is 5.87. The molecule has 0 radical (unpaired) electrons. The largest absolute Gasteiger partial charge is 0.329 e. The van der Waals surface area contributed by atoms with Crippen LogP contribution in [0, 0.1) is 0 Å². The monoisotopic (exact) mass is 408 g/mol. The van der Waals surface area contributed by atoms with Crippen LogP contribution in [-0.4, -0.2) is 35.5 Å². The van der Waals surface area contributed by atoms with Crippen molar-refractivity contribution in [2.24, 2.45) is 0 Å². The lowest BCUT2D eigenvalue weighted by atomic mass is 10.1. The van der Waals surface area contributed by atoms with Gasteiger partial charge in [-0.1, -0.05) is 43.0 Å². The maximum absolute atomic E-state index is 12.2. The number of fused-ring (bicyclic) bond motifs is 1. The normalized spacial score (nSPS) is 12.6.